The second-order valence-corrected chi connectivity index (χ2v) is 7.14. The Morgan fingerprint density at radius 1 is 1.31 bits per heavy atom. The molecular formula is C16H23N5O4S. The van der Waals surface area contributed by atoms with E-state index < -0.39 is 31.1 Å². The number of aromatic nitrogens is 4. The van der Waals surface area contributed by atoms with Crippen LogP contribution in [0.5, 0.6) is 0 Å². The summed E-state index contributed by atoms with van der Waals surface area (Å²) in [6.07, 6.45) is 2.18. The number of allylic oxidation sites excluding steroid dienone is 1. The highest BCUT2D eigenvalue weighted by atomic mass is 32.2. The third-order valence-corrected chi connectivity index (χ3v) is 5.19. The van der Waals surface area contributed by atoms with Gasteiger partial charge in [0.1, 0.15) is 23.8 Å². The number of ether oxygens (including phenoxy) is 1. The molecule has 1 saturated heterocycles. The fourth-order valence-corrected chi connectivity index (χ4v) is 3.68. The first kappa shape index (κ1) is 19.1. The number of hydrogen-bond donors (Lipinski definition) is 4. The summed E-state index contributed by atoms with van der Waals surface area (Å²) in [4.78, 5) is 12.9. The summed E-state index contributed by atoms with van der Waals surface area (Å²) in [7, 11) is 0. The summed E-state index contributed by atoms with van der Waals surface area (Å²) in [5, 5.41) is 30.0. The van der Waals surface area contributed by atoms with Crippen LogP contribution in [0.15, 0.2) is 24.1 Å². The number of hydrogen-bond acceptors (Lipinski definition) is 9. The van der Waals surface area contributed by atoms with Crippen molar-refractivity contribution in [3.8, 4) is 0 Å². The number of unbranched alkanes of at least 4 members (excludes halogenated alkanes) is 2. The van der Waals surface area contributed by atoms with Crippen LogP contribution >= 0.6 is 11.8 Å². The zero-order chi connectivity index (χ0) is 18.7. The highest BCUT2D eigenvalue weighted by molar-refractivity contribution is 7.99. The van der Waals surface area contributed by atoms with E-state index in [0.29, 0.717) is 16.3 Å². The van der Waals surface area contributed by atoms with Gasteiger partial charge in [-0.1, -0.05) is 17.8 Å². The van der Waals surface area contributed by atoms with E-state index in [0.717, 1.165) is 25.0 Å². The Kier molecular flexibility index (Phi) is 6.09. The number of thioether (sulfide) groups is 1. The number of aliphatic hydroxyl groups excluding tert-OH is 3. The summed E-state index contributed by atoms with van der Waals surface area (Å²) < 4.78 is 7.06. The molecular weight excluding hydrogens is 358 g/mol. The molecule has 4 atom stereocenters. The third kappa shape index (κ3) is 3.69. The molecule has 142 valence electrons. The van der Waals surface area contributed by atoms with E-state index in [1.165, 1.54) is 22.7 Å². The number of anilines is 1. The maximum atomic E-state index is 10.2. The summed E-state index contributed by atoms with van der Waals surface area (Å²) in [5.41, 5.74) is 6.81. The highest BCUT2D eigenvalue weighted by Crippen LogP contribution is 2.32. The normalized spacial score (nSPS) is 25.8. The van der Waals surface area contributed by atoms with Gasteiger partial charge in [-0.2, -0.15) is 0 Å². The third-order valence-electron chi connectivity index (χ3n) is 4.25. The van der Waals surface area contributed by atoms with E-state index >= 15 is 0 Å². The van der Waals surface area contributed by atoms with Gasteiger partial charge in [-0.05, 0) is 19.3 Å². The molecule has 2 aromatic heterocycles. The van der Waals surface area contributed by atoms with E-state index in [-0.39, 0.29) is 5.82 Å². The molecule has 0 bridgehead atoms. The lowest BCUT2D eigenvalue weighted by molar-refractivity contribution is -0.0511. The molecule has 0 amide bonds. The zero-order valence-corrected chi connectivity index (χ0v) is 15.0. The predicted octanol–water partition coefficient (Wildman–Crippen LogP) is 0.468. The van der Waals surface area contributed by atoms with Crippen LogP contribution in [0, 0.1) is 0 Å². The Hall–Kier alpha value is -1.72. The second-order valence-electron chi connectivity index (χ2n) is 6.08. The van der Waals surface area contributed by atoms with Gasteiger partial charge in [0.2, 0.25) is 0 Å². The minimum Gasteiger partial charge on any atom is -0.394 e. The van der Waals surface area contributed by atoms with Crippen molar-refractivity contribution in [3.05, 3.63) is 19.0 Å². The van der Waals surface area contributed by atoms with Crippen molar-refractivity contribution in [1.82, 2.24) is 19.5 Å². The van der Waals surface area contributed by atoms with Crippen molar-refractivity contribution in [3.63, 3.8) is 0 Å². The molecule has 3 heterocycles. The van der Waals surface area contributed by atoms with Crippen LogP contribution in [-0.4, -0.2) is 65.5 Å². The Labute approximate surface area is 154 Å². The average Bonchev–Trinajstić information content (AvgIpc) is 3.17. The molecule has 0 aliphatic carbocycles. The number of fused-ring (bicyclic) bond motifs is 1. The fraction of sp³-hybridized carbons (Fsp3) is 0.562. The van der Waals surface area contributed by atoms with Crippen LogP contribution in [0.3, 0.4) is 0 Å². The van der Waals surface area contributed by atoms with Gasteiger partial charge in [0.15, 0.2) is 22.8 Å². The van der Waals surface area contributed by atoms with E-state index in [4.69, 9.17) is 10.5 Å². The smallest absolute Gasteiger partial charge is 0.191 e. The number of imidazole rings is 1. The summed E-state index contributed by atoms with van der Waals surface area (Å²) in [6.45, 7) is 3.30. The van der Waals surface area contributed by atoms with Crippen LogP contribution < -0.4 is 5.73 Å². The SMILES string of the molecule is C=CCCCCSc1nc(N)c2ncn(C3O[C@H](CO)[C@@H](O)[C@H]3O)c2n1. The molecule has 0 spiro atoms. The van der Waals surface area contributed by atoms with Crippen molar-refractivity contribution in [1.29, 1.82) is 0 Å². The van der Waals surface area contributed by atoms with Crippen molar-refractivity contribution < 1.29 is 20.1 Å². The summed E-state index contributed by atoms with van der Waals surface area (Å²) in [6, 6.07) is 0. The zero-order valence-electron chi connectivity index (χ0n) is 14.2. The first-order valence-corrected chi connectivity index (χ1v) is 9.41. The Morgan fingerprint density at radius 2 is 2.12 bits per heavy atom. The first-order chi connectivity index (χ1) is 12.6. The maximum absolute atomic E-state index is 10.2. The summed E-state index contributed by atoms with van der Waals surface area (Å²) >= 11 is 1.49. The largest absolute Gasteiger partial charge is 0.394 e. The minimum absolute atomic E-state index is 0.245. The molecule has 0 aromatic carbocycles. The number of rotatable bonds is 8. The lowest BCUT2D eigenvalue weighted by atomic mass is 10.1. The van der Waals surface area contributed by atoms with Gasteiger partial charge in [0.25, 0.3) is 0 Å². The van der Waals surface area contributed by atoms with Gasteiger partial charge in [0, 0.05) is 5.75 Å². The maximum Gasteiger partial charge on any atom is 0.191 e. The van der Waals surface area contributed by atoms with Crippen LogP contribution in [0.2, 0.25) is 0 Å². The van der Waals surface area contributed by atoms with Crippen molar-refractivity contribution >= 4 is 28.7 Å². The van der Waals surface area contributed by atoms with Crippen molar-refractivity contribution in [2.75, 3.05) is 18.1 Å². The molecule has 5 N–H and O–H groups in total. The molecule has 9 nitrogen and oxygen atoms in total. The molecule has 2 aromatic rings. The Balaban J connectivity index is 1.82. The van der Waals surface area contributed by atoms with Crippen LogP contribution in [0.25, 0.3) is 11.2 Å². The molecule has 1 unspecified atom stereocenters. The highest BCUT2D eigenvalue weighted by Gasteiger charge is 2.44. The first-order valence-electron chi connectivity index (χ1n) is 8.43. The molecule has 1 aliphatic rings. The van der Waals surface area contributed by atoms with Gasteiger partial charge >= 0.3 is 0 Å². The Bertz CT molecular complexity index is 770. The lowest BCUT2D eigenvalue weighted by Gasteiger charge is -2.16. The second kappa shape index (κ2) is 8.31. The Morgan fingerprint density at radius 3 is 2.81 bits per heavy atom. The predicted molar refractivity (Wildman–Crippen MR) is 97.5 cm³/mol. The van der Waals surface area contributed by atoms with Crippen LogP contribution in [0.4, 0.5) is 5.82 Å². The van der Waals surface area contributed by atoms with E-state index in [2.05, 4.69) is 21.5 Å². The molecule has 0 saturated carbocycles. The topological polar surface area (TPSA) is 140 Å². The molecule has 1 fully saturated rings. The van der Waals surface area contributed by atoms with Gasteiger partial charge in [0.05, 0.1) is 12.9 Å². The van der Waals surface area contributed by atoms with Gasteiger partial charge in [-0.25, -0.2) is 15.0 Å². The van der Waals surface area contributed by atoms with E-state index in [1.54, 1.807) is 0 Å². The van der Waals surface area contributed by atoms with Gasteiger partial charge < -0.3 is 25.8 Å². The number of nitrogens with two attached hydrogens (primary N) is 1. The molecule has 10 heteroatoms. The molecule has 0 radical (unpaired) electrons. The van der Waals surface area contributed by atoms with Crippen molar-refractivity contribution in [2.24, 2.45) is 0 Å². The molecule has 3 rings (SSSR count). The summed E-state index contributed by atoms with van der Waals surface area (Å²) in [5.74, 6) is 1.09. The number of nitrogen functional groups attached to an aromatic ring is 1. The molecule has 26 heavy (non-hydrogen) atoms. The van der Waals surface area contributed by atoms with Crippen LogP contribution in [0.1, 0.15) is 25.5 Å². The monoisotopic (exact) mass is 381 g/mol. The van der Waals surface area contributed by atoms with Crippen molar-refractivity contribution in [2.45, 2.75) is 49.0 Å². The standard InChI is InChI=1S/C16H23N5O4S/c1-2-3-4-5-6-26-16-19-13(17)10-14(20-16)21(8-18-10)15-12(24)11(23)9(7-22)25-15/h2,8-9,11-12,15,22-24H,1,3-7H2,(H2,17,19,20)/t9-,11-,12-,15?/m1/s1. The molecule has 1 aliphatic heterocycles. The number of nitrogens with zero attached hydrogens (tertiary/aromatic N) is 4. The average molecular weight is 381 g/mol. The van der Waals surface area contributed by atoms with Gasteiger partial charge in [-0.3, -0.25) is 4.57 Å². The fourth-order valence-electron chi connectivity index (χ4n) is 2.83. The van der Waals surface area contributed by atoms with Crippen LogP contribution in [-0.2, 0) is 4.74 Å². The van der Waals surface area contributed by atoms with E-state index in [1.807, 2.05) is 6.08 Å². The van der Waals surface area contributed by atoms with E-state index in [9.17, 15) is 15.3 Å². The number of aliphatic hydroxyl groups is 3. The lowest BCUT2D eigenvalue weighted by Crippen LogP contribution is -2.33. The minimum atomic E-state index is -1.21. The van der Waals surface area contributed by atoms with Gasteiger partial charge in [-0.15, -0.1) is 6.58 Å². The quantitative estimate of drug-likeness (QED) is 0.222.